The van der Waals surface area contributed by atoms with Crippen LogP contribution in [-0.2, 0) is 12.8 Å². The topological polar surface area (TPSA) is 55.1 Å². The first kappa shape index (κ1) is 12.9. The first-order valence-corrected chi connectivity index (χ1v) is 7.00. The number of nitrogens with zero attached hydrogens (tertiary/aromatic N) is 2. The predicted molar refractivity (Wildman–Crippen MR) is 76.6 cm³/mol. The maximum absolute atomic E-state index is 11.4. The van der Waals surface area contributed by atoms with Gasteiger partial charge in [-0.2, -0.15) is 5.10 Å². The lowest BCUT2D eigenvalue weighted by Gasteiger charge is -2.16. The van der Waals surface area contributed by atoms with Gasteiger partial charge in [0, 0.05) is 11.3 Å². The molecule has 1 aliphatic rings. The molecule has 1 aromatic heterocycles. The molecule has 2 aromatic rings. The summed E-state index contributed by atoms with van der Waals surface area (Å²) in [4.78, 5) is 11.4. The molecule has 1 aliphatic carbocycles. The lowest BCUT2D eigenvalue weighted by Crippen LogP contribution is -2.09. The summed E-state index contributed by atoms with van der Waals surface area (Å²) < 4.78 is 1.85. The van der Waals surface area contributed by atoms with Gasteiger partial charge in [-0.3, -0.25) is 0 Å². The average Bonchev–Trinajstić information content (AvgIpc) is 2.82. The van der Waals surface area contributed by atoms with Crippen molar-refractivity contribution in [3.63, 3.8) is 0 Å². The van der Waals surface area contributed by atoms with Crippen molar-refractivity contribution in [1.82, 2.24) is 9.78 Å². The van der Waals surface area contributed by atoms with Gasteiger partial charge in [0.25, 0.3) is 0 Å². The van der Waals surface area contributed by atoms with Crippen LogP contribution in [0.4, 0.5) is 0 Å². The second-order valence-electron chi connectivity index (χ2n) is 5.42. The minimum atomic E-state index is -0.924. The molecule has 0 unspecified atom stereocenters. The van der Waals surface area contributed by atoms with E-state index in [4.69, 9.17) is 0 Å². The predicted octanol–water partition coefficient (Wildman–Crippen LogP) is 3.07. The van der Waals surface area contributed by atoms with Gasteiger partial charge >= 0.3 is 5.97 Å². The molecule has 4 nitrogen and oxygen atoms in total. The quantitative estimate of drug-likeness (QED) is 0.912. The zero-order valence-corrected chi connectivity index (χ0v) is 11.8. The standard InChI is InChI=1S/C16H18N2O2/c1-10-6-5-9-13(11(10)2)18-14-8-4-3-7-12(14)15(17-18)16(19)20/h5-6,9H,3-4,7-8H2,1-2H3,(H,19,20). The molecule has 1 heterocycles. The maximum Gasteiger partial charge on any atom is 0.356 e. The zero-order chi connectivity index (χ0) is 14.3. The van der Waals surface area contributed by atoms with Crippen LogP contribution >= 0.6 is 0 Å². The molecule has 1 aromatic carbocycles. The highest BCUT2D eigenvalue weighted by atomic mass is 16.4. The summed E-state index contributed by atoms with van der Waals surface area (Å²) in [6, 6.07) is 6.07. The van der Waals surface area contributed by atoms with Crippen LogP contribution in [0, 0.1) is 13.8 Å². The number of carbonyl (C=O) groups is 1. The van der Waals surface area contributed by atoms with E-state index in [1.807, 2.05) is 16.8 Å². The van der Waals surface area contributed by atoms with E-state index in [2.05, 4.69) is 25.0 Å². The number of fused-ring (bicyclic) bond motifs is 1. The third kappa shape index (κ3) is 1.92. The van der Waals surface area contributed by atoms with Gasteiger partial charge in [-0.15, -0.1) is 0 Å². The molecule has 4 heteroatoms. The van der Waals surface area contributed by atoms with Crippen molar-refractivity contribution in [2.45, 2.75) is 39.5 Å². The zero-order valence-electron chi connectivity index (χ0n) is 11.8. The fraction of sp³-hybridized carbons (Fsp3) is 0.375. The number of aryl methyl sites for hydroxylation is 1. The SMILES string of the molecule is Cc1cccc(-n2nc(C(=O)O)c3c2CCCC3)c1C. The number of rotatable bonds is 2. The Balaban J connectivity index is 2.24. The molecule has 0 saturated carbocycles. The number of aromatic nitrogens is 2. The Morgan fingerprint density at radius 1 is 1.25 bits per heavy atom. The molecular weight excluding hydrogens is 252 g/mol. The van der Waals surface area contributed by atoms with Crippen molar-refractivity contribution in [3.8, 4) is 5.69 Å². The van der Waals surface area contributed by atoms with Gasteiger partial charge in [-0.05, 0) is 56.7 Å². The van der Waals surface area contributed by atoms with Gasteiger partial charge < -0.3 is 5.11 Å². The van der Waals surface area contributed by atoms with Crippen molar-refractivity contribution in [2.24, 2.45) is 0 Å². The average molecular weight is 270 g/mol. The molecule has 20 heavy (non-hydrogen) atoms. The number of benzene rings is 1. The summed E-state index contributed by atoms with van der Waals surface area (Å²) in [7, 11) is 0. The normalized spacial score (nSPS) is 14.1. The highest BCUT2D eigenvalue weighted by Crippen LogP contribution is 2.28. The van der Waals surface area contributed by atoms with Crippen LogP contribution in [0.25, 0.3) is 5.69 Å². The summed E-state index contributed by atoms with van der Waals surface area (Å²) in [5, 5.41) is 13.7. The van der Waals surface area contributed by atoms with Crippen LogP contribution in [0.15, 0.2) is 18.2 Å². The first-order chi connectivity index (χ1) is 9.59. The third-order valence-corrected chi connectivity index (χ3v) is 4.19. The molecular formula is C16H18N2O2. The molecule has 0 bridgehead atoms. The second-order valence-corrected chi connectivity index (χ2v) is 5.42. The lowest BCUT2D eigenvalue weighted by molar-refractivity contribution is 0.0688. The van der Waals surface area contributed by atoms with Crippen LogP contribution in [0.2, 0.25) is 0 Å². The Labute approximate surface area is 118 Å². The largest absolute Gasteiger partial charge is 0.476 e. The summed E-state index contributed by atoms with van der Waals surface area (Å²) >= 11 is 0. The summed E-state index contributed by atoms with van der Waals surface area (Å²) in [6.07, 6.45) is 3.87. The van der Waals surface area contributed by atoms with E-state index in [-0.39, 0.29) is 5.69 Å². The van der Waals surface area contributed by atoms with Crippen molar-refractivity contribution >= 4 is 5.97 Å². The highest BCUT2D eigenvalue weighted by molar-refractivity contribution is 5.87. The molecule has 0 amide bonds. The van der Waals surface area contributed by atoms with Gasteiger partial charge in [0.2, 0.25) is 0 Å². The van der Waals surface area contributed by atoms with E-state index in [9.17, 15) is 9.90 Å². The van der Waals surface area contributed by atoms with Crippen molar-refractivity contribution in [1.29, 1.82) is 0 Å². The molecule has 0 fully saturated rings. The maximum atomic E-state index is 11.4. The fourth-order valence-corrected chi connectivity index (χ4v) is 2.94. The monoisotopic (exact) mass is 270 g/mol. The van der Waals surface area contributed by atoms with E-state index in [1.165, 1.54) is 5.56 Å². The first-order valence-electron chi connectivity index (χ1n) is 7.00. The van der Waals surface area contributed by atoms with E-state index >= 15 is 0 Å². The van der Waals surface area contributed by atoms with Gasteiger partial charge in [-0.1, -0.05) is 12.1 Å². The molecule has 0 radical (unpaired) electrons. The Morgan fingerprint density at radius 3 is 2.75 bits per heavy atom. The van der Waals surface area contributed by atoms with Crippen LogP contribution in [-0.4, -0.2) is 20.9 Å². The van der Waals surface area contributed by atoms with Crippen molar-refractivity contribution < 1.29 is 9.90 Å². The molecule has 104 valence electrons. The number of hydrogen-bond donors (Lipinski definition) is 1. The minimum absolute atomic E-state index is 0.223. The van der Waals surface area contributed by atoms with Crippen LogP contribution in [0.1, 0.15) is 45.7 Å². The van der Waals surface area contributed by atoms with Crippen LogP contribution in [0.5, 0.6) is 0 Å². The van der Waals surface area contributed by atoms with Gasteiger partial charge in [0.1, 0.15) is 0 Å². The number of carboxylic acids is 1. The summed E-state index contributed by atoms with van der Waals surface area (Å²) in [6.45, 7) is 4.12. The Hall–Kier alpha value is -2.10. The molecule has 0 aliphatic heterocycles. The van der Waals surface area contributed by atoms with Gasteiger partial charge in [-0.25, -0.2) is 9.48 Å². The van der Waals surface area contributed by atoms with E-state index in [1.54, 1.807) is 0 Å². The van der Waals surface area contributed by atoms with Crippen molar-refractivity contribution in [3.05, 3.63) is 46.3 Å². The van der Waals surface area contributed by atoms with Crippen LogP contribution < -0.4 is 0 Å². The van der Waals surface area contributed by atoms with Gasteiger partial charge in [0.05, 0.1) is 5.69 Å². The van der Waals surface area contributed by atoms with E-state index < -0.39 is 5.97 Å². The lowest BCUT2D eigenvalue weighted by atomic mass is 9.95. The third-order valence-electron chi connectivity index (χ3n) is 4.19. The van der Waals surface area contributed by atoms with Crippen molar-refractivity contribution in [2.75, 3.05) is 0 Å². The van der Waals surface area contributed by atoms with E-state index in [0.717, 1.165) is 48.2 Å². The Kier molecular flexibility index (Phi) is 3.08. The van der Waals surface area contributed by atoms with Gasteiger partial charge in [0.15, 0.2) is 5.69 Å². The Bertz CT molecular complexity index is 686. The highest BCUT2D eigenvalue weighted by Gasteiger charge is 2.25. The summed E-state index contributed by atoms with van der Waals surface area (Å²) in [5.41, 5.74) is 5.56. The molecule has 1 N–H and O–H groups in total. The molecule has 0 spiro atoms. The molecule has 0 atom stereocenters. The second kappa shape index (κ2) is 4.78. The Morgan fingerprint density at radius 2 is 2.00 bits per heavy atom. The number of carboxylic acid groups (broad SMARTS) is 1. The number of hydrogen-bond acceptors (Lipinski definition) is 2. The van der Waals surface area contributed by atoms with Crippen LogP contribution in [0.3, 0.4) is 0 Å². The fourth-order valence-electron chi connectivity index (χ4n) is 2.94. The smallest absolute Gasteiger partial charge is 0.356 e. The van der Waals surface area contributed by atoms with E-state index in [0.29, 0.717) is 0 Å². The molecule has 3 rings (SSSR count). The molecule has 0 saturated heterocycles. The minimum Gasteiger partial charge on any atom is -0.476 e. The summed E-state index contributed by atoms with van der Waals surface area (Å²) in [5.74, 6) is -0.924. The number of aromatic carboxylic acids is 1.